The van der Waals surface area contributed by atoms with E-state index in [0.717, 1.165) is 35.0 Å². The van der Waals surface area contributed by atoms with Gasteiger partial charge >= 0.3 is 0 Å². The van der Waals surface area contributed by atoms with Crippen LogP contribution in [-0.4, -0.2) is 70.0 Å². The predicted molar refractivity (Wildman–Crippen MR) is 187 cm³/mol. The van der Waals surface area contributed by atoms with Crippen LogP contribution in [0.1, 0.15) is 32.6 Å². The third-order valence-electron chi connectivity index (χ3n) is 10.1. The molecule has 7 nitrogen and oxygen atoms in total. The van der Waals surface area contributed by atoms with E-state index in [4.69, 9.17) is 0 Å². The van der Waals surface area contributed by atoms with Gasteiger partial charge in [0.05, 0.1) is 16.6 Å². The minimum absolute atomic E-state index is 0.0589. The summed E-state index contributed by atoms with van der Waals surface area (Å²) in [6.07, 6.45) is 6.26. The molecule has 240 valence electrons. The summed E-state index contributed by atoms with van der Waals surface area (Å²) in [5, 5.41) is 11.5. The van der Waals surface area contributed by atoms with Gasteiger partial charge in [-0.3, -0.25) is 14.4 Å². The SMILES string of the molecule is C=CCN(C(=O)C1N(CCCCCO)C(=O)[C@@H]2[C@@H](C(=O)N(CC=C)c3ccccc3)[C@H]3CC(C)C12S3)c1ccc2ccccc2c1. The largest absolute Gasteiger partial charge is 0.396 e. The van der Waals surface area contributed by atoms with E-state index in [9.17, 15) is 14.7 Å². The van der Waals surface area contributed by atoms with E-state index in [1.165, 1.54) is 0 Å². The molecule has 0 radical (unpaired) electrons. The lowest BCUT2D eigenvalue weighted by molar-refractivity contribution is -0.139. The summed E-state index contributed by atoms with van der Waals surface area (Å²) in [6, 6.07) is 22.9. The van der Waals surface area contributed by atoms with Crippen LogP contribution in [0.15, 0.2) is 98.1 Å². The molecule has 0 aromatic heterocycles. The van der Waals surface area contributed by atoms with Gasteiger partial charge < -0.3 is 19.8 Å². The molecular formula is C38H43N3O4S. The first-order chi connectivity index (χ1) is 22.4. The van der Waals surface area contributed by atoms with Crippen LogP contribution in [0.25, 0.3) is 10.8 Å². The second-order valence-electron chi connectivity index (χ2n) is 12.7. The van der Waals surface area contributed by atoms with Gasteiger partial charge in [0.15, 0.2) is 0 Å². The fourth-order valence-corrected chi connectivity index (χ4v) is 10.5. The molecule has 0 saturated carbocycles. The molecule has 3 amide bonds. The highest BCUT2D eigenvalue weighted by atomic mass is 32.2. The first-order valence-corrected chi connectivity index (χ1v) is 17.2. The van der Waals surface area contributed by atoms with Gasteiger partial charge in [-0.05, 0) is 66.6 Å². The highest BCUT2D eigenvalue weighted by molar-refractivity contribution is 8.02. The molecule has 1 N–H and O–H groups in total. The van der Waals surface area contributed by atoms with Crippen molar-refractivity contribution in [1.82, 2.24) is 4.90 Å². The smallest absolute Gasteiger partial charge is 0.251 e. The lowest BCUT2D eigenvalue weighted by Crippen LogP contribution is -2.57. The predicted octanol–water partition coefficient (Wildman–Crippen LogP) is 6.08. The highest BCUT2D eigenvalue weighted by Gasteiger charge is 2.76. The van der Waals surface area contributed by atoms with Gasteiger partial charge in [-0.15, -0.1) is 24.9 Å². The number of hydrogen-bond donors (Lipinski definition) is 1. The summed E-state index contributed by atoms with van der Waals surface area (Å²) in [7, 11) is 0. The lowest BCUT2D eigenvalue weighted by atomic mass is 9.65. The molecule has 3 aromatic rings. The quantitative estimate of drug-likeness (QED) is 0.182. The number of aliphatic hydroxyl groups is 1. The van der Waals surface area contributed by atoms with Gasteiger partial charge in [-0.1, -0.05) is 67.6 Å². The van der Waals surface area contributed by atoms with Gasteiger partial charge in [0.25, 0.3) is 5.91 Å². The number of anilines is 2. The van der Waals surface area contributed by atoms with Crippen molar-refractivity contribution in [1.29, 1.82) is 0 Å². The molecule has 3 aliphatic heterocycles. The molecule has 46 heavy (non-hydrogen) atoms. The van der Waals surface area contributed by atoms with E-state index in [2.05, 4.69) is 20.1 Å². The van der Waals surface area contributed by atoms with Crippen LogP contribution < -0.4 is 9.80 Å². The van der Waals surface area contributed by atoms with E-state index < -0.39 is 22.6 Å². The standard InChI is InChI=1S/C38H43N3O4S/c1-4-20-39(29-16-8-6-9-17-29)35(43)32-31-24-26(3)38(46-31)33(32)36(44)41(22-12-7-13-23-42)34(38)37(45)40(21-5-2)30-19-18-27-14-10-11-15-28(27)25-30/h4-6,8-11,14-19,25-26,31-34,42H,1-2,7,12-13,20-24H2,3H3/t26?,31-,32+,33+,34?,38?/m1/s1. The molecule has 6 atom stereocenters. The third kappa shape index (κ3) is 5.35. The fraction of sp³-hybridized carbons (Fsp3) is 0.395. The first-order valence-electron chi connectivity index (χ1n) is 16.3. The van der Waals surface area contributed by atoms with Crippen LogP contribution in [0.4, 0.5) is 11.4 Å². The van der Waals surface area contributed by atoms with Gasteiger partial charge in [-0.25, -0.2) is 0 Å². The van der Waals surface area contributed by atoms with E-state index in [1.54, 1.807) is 38.6 Å². The molecule has 3 heterocycles. The van der Waals surface area contributed by atoms with Crippen LogP contribution in [0, 0.1) is 17.8 Å². The molecule has 0 aliphatic carbocycles. The Morgan fingerprint density at radius 1 is 0.913 bits per heavy atom. The number of hydrogen-bond acceptors (Lipinski definition) is 5. The minimum Gasteiger partial charge on any atom is -0.396 e. The molecule has 3 unspecified atom stereocenters. The van der Waals surface area contributed by atoms with Crippen molar-refractivity contribution < 1.29 is 19.5 Å². The van der Waals surface area contributed by atoms with Crippen molar-refractivity contribution in [2.24, 2.45) is 17.8 Å². The lowest BCUT2D eigenvalue weighted by Gasteiger charge is -2.41. The molecular weight excluding hydrogens is 595 g/mol. The average Bonchev–Trinajstić information content (AvgIpc) is 3.67. The summed E-state index contributed by atoms with van der Waals surface area (Å²) in [6.45, 7) is 11.1. The summed E-state index contributed by atoms with van der Waals surface area (Å²) in [4.78, 5) is 49.6. The monoisotopic (exact) mass is 637 g/mol. The molecule has 6 rings (SSSR count). The zero-order chi connectivity index (χ0) is 32.4. The Labute approximate surface area is 275 Å². The number of nitrogens with zero attached hydrogens (tertiary/aromatic N) is 3. The first kappa shape index (κ1) is 32.1. The molecule has 3 fully saturated rings. The Morgan fingerprint density at radius 3 is 2.28 bits per heavy atom. The van der Waals surface area contributed by atoms with Crippen molar-refractivity contribution in [3.8, 4) is 0 Å². The molecule has 3 saturated heterocycles. The van der Waals surface area contributed by atoms with E-state index in [-0.39, 0.29) is 35.5 Å². The number of fused-ring (bicyclic) bond motifs is 2. The Bertz CT molecular complexity index is 1630. The number of likely N-dealkylation sites (tertiary alicyclic amines) is 1. The van der Waals surface area contributed by atoms with Crippen molar-refractivity contribution in [3.05, 3.63) is 98.1 Å². The van der Waals surface area contributed by atoms with Crippen LogP contribution >= 0.6 is 11.8 Å². The highest BCUT2D eigenvalue weighted by Crippen LogP contribution is 2.69. The number of aliphatic hydroxyl groups excluding tert-OH is 1. The summed E-state index contributed by atoms with van der Waals surface area (Å²) >= 11 is 1.70. The number of benzene rings is 3. The van der Waals surface area contributed by atoms with E-state index >= 15 is 4.79 Å². The maximum Gasteiger partial charge on any atom is 0.251 e. The van der Waals surface area contributed by atoms with Crippen LogP contribution in [0.2, 0.25) is 0 Å². The second-order valence-corrected chi connectivity index (χ2v) is 14.3. The number of carbonyl (C=O) groups excluding carboxylic acids is 3. The number of para-hydroxylation sites is 1. The second kappa shape index (κ2) is 13.5. The third-order valence-corrected chi connectivity index (χ3v) is 12.2. The zero-order valence-corrected chi connectivity index (χ0v) is 27.3. The molecule has 8 heteroatoms. The Balaban J connectivity index is 1.42. The Hall–Kier alpha value is -3.88. The van der Waals surface area contributed by atoms with E-state index in [1.807, 2.05) is 72.8 Å². The van der Waals surface area contributed by atoms with Crippen molar-refractivity contribution in [3.63, 3.8) is 0 Å². The summed E-state index contributed by atoms with van der Waals surface area (Å²) in [5.41, 5.74) is 1.53. The van der Waals surface area contributed by atoms with Crippen molar-refractivity contribution in [2.75, 3.05) is 36.0 Å². The average molecular weight is 638 g/mol. The maximum atomic E-state index is 15.0. The number of amides is 3. The topological polar surface area (TPSA) is 81.2 Å². The number of unbranched alkanes of at least 4 members (excludes halogenated alkanes) is 2. The van der Waals surface area contributed by atoms with Crippen molar-refractivity contribution >= 4 is 51.6 Å². The maximum absolute atomic E-state index is 15.0. The molecule has 3 aromatic carbocycles. The van der Waals surface area contributed by atoms with Gasteiger partial charge in [0.1, 0.15) is 6.04 Å². The number of carbonyl (C=O) groups is 3. The number of rotatable bonds is 13. The van der Waals surface area contributed by atoms with Gasteiger partial charge in [-0.2, -0.15) is 0 Å². The van der Waals surface area contributed by atoms with Gasteiger partial charge in [0, 0.05) is 42.9 Å². The van der Waals surface area contributed by atoms with Crippen LogP contribution in [-0.2, 0) is 14.4 Å². The zero-order valence-electron chi connectivity index (χ0n) is 26.5. The van der Waals surface area contributed by atoms with Crippen LogP contribution in [0.5, 0.6) is 0 Å². The Morgan fingerprint density at radius 2 is 1.59 bits per heavy atom. The normalized spacial score (nSPS) is 26.3. The molecule has 3 aliphatic rings. The van der Waals surface area contributed by atoms with E-state index in [0.29, 0.717) is 32.5 Å². The summed E-state index contributed by atoms with van der Waals surface area (Å²) < 4.78 is -0.733. The number of thioether (sulfide) groups is 1. The molecule has 2 bridgehead atoms. The Kier molecular flexibility index (Phi) is 9.39. The fourth-order valence-electron chi connectivity index (χ4n) is 8.08. The van der Waals surface area contributed by atoms with Crippen molar-refractivity contribution in [2.45, 2.75) is 48.6 Å². The van der Waals surface area contributed by atoms with Crippen LogP contribution in [0.3, 0.4) is 0 Å². The van der Waals surface area contributed by atoms with Gasteiger partial charge in [0.2, 0.25) is 11.8 Å². The summed E-state index contributed by atoms with van der Waals surface area (Å²) in [5.74, 6) is -1.41. The molecule has 1 spiro atoms. The minimum atomic E-state index is -0.733.